The summed E-state index contributed by atoms with van der Waals surface area (Å²) < 4.78 is 2.25. The van der Waals surface area contributed by atoms with Crippen molar-refractivity contribution in [1.29, 1.82) is 0 Å². The molecule has 0 saturated heterocycles. The highest BCUT2D eigenvalue weighted by atomic mass is 15.1. The van der Waals surface area contributed by atoms with E-state index in [9.17, 15) is 0 Å². The molecule has 0 bridgehead atoms. The molecule has 2 unspecified atom stereocenters. The zero-order chi connectivity index (χ0) is 28.6. The number of hydrogen-bond donors (Lipinski definition) is 1. The molecule has 0 radical (unpaired) electrons. The van der Waals surface area contributed by atoms with E-state index in [0.717, 1.165) is 39.2 Å². The number of dihydropyridines is 2. The average molecular weight is 556 g/mol. The maximum absolute atomic E-state index is 5.14. The quantitative estimate of drug-likeness (QED) is 0.240. The summed E-state index contributed by atoms with van der Waals surface area (Å²) in [5, 5.41) is 6.07. The summed E-state index contributed by atoms with van der Waals surface area (Å²) in [6.45, 7) is 0.669. The van der Waals surface area contributed by atoms with Gasteiger partial charge in [0, 0.05) is 41.0 Å². The number of allylic oxidation sites excluding steroid dienone is 2. The molecule has 3 aromatic heterocycles. The van der Waals surface area contributed by atoms with Gasteiger partial charge in [0.1, 0.15) is 5.84 Å². The van der Waals surface area contributed by atoms with Crippen LogP contribution in [0.5, 0.6) is 0 Å². The zero-order valence-electron chi connectivity index (χ0n) is 23.5. The highest BCUT2D eigenvalue weighted by molar-refractivity contribution is 6.16. The number of benzene rings is 3. The van der Waals surface area contributed by atoms with Crippen molar-refractivity contribution in [2.75, 3.05) is 6.54 Å². The molecule has 2 aliphatic heterocycles. The smallest absolute Gasteiger partial charge is 0.132 e. The number of hydrogen-bond acceptors (Lipinski definition) is 4. The Bertz CT molecular complexity index is 2010. The lowest BCUT2D eigenvalue weighted by atomic mass is 9.89. The second kappa shape index (κ2) is 10.7. The maximum atomic E-state index is 5.14. The van der Waals surface area contributed by atoms with Gasteiger partial charge in [0.25, 0.3) is 0 Å². The summed E-state index contributed by atoms with van der Waals surface area (Å²) in [7, 11) is 0. The molecule has 1 N–H and O–H groups in total. The van der Waals surface area contributed by atoms with E-state index < -0.39 is 0 Å². The Balaban J connectivity index is 1.13. The molecule has 0 saturated carbocycles. The fraction of sp³-hybridized carbons (Fsp3) is 0.0789. The number of nitrogens with zero attached hydrogens (tertiary/aromatic N) is 4. The van der Waals surface area contributed by atoms with Crippen molar-refractivity contribution < 1.29 is 0 Å². The molecular weight excluding hydrogens is 526 g/mol. The summed E-state index contributed by atoms with van der Waals surface area (Å²) in [6.07, 6.45) is 14.7. The van der Waals surface area contributed by atoms with Gasteiger partial charge in [-0.05, 0) is 58.7 Å². The van der Waals surface area contributed by atoms with Gasteiger partial charge in [0.15, 0.2) is 0 Å². The second-order valence-corrected chi connectivity index (χ2v) is 11.0. The van der Waals surface area contributed by atoms with Gasteiger partial charge < -0.3 is 5.32 Å². The predicted octanol–water partition coefficient (Wildman–Crippen LogP) is 8.00. The molecule has 206 valence electrons. The highest BCUT2D eigenvalue weighted by Gasteiger charge is 2.24. The Morgan fingerprint density at radius 1 is 0.698 bits per heavy atom. The van der Waals surface area contributed by atoms with Crippen LogP contribution in [0.4, 0.5) is 0 Å². The molecule has 5 nitrogen and oxygen atoms in total. The van der Waals surface area contributed by atoms with Crippen LogP contribution in [0.1, 0.15) is 17.3 Å². The van der Waals surface area contributed by atoms with Crippen LogP contribution in [-0.2, 0) is 0 Å². The number of rotatable bonds is 4. The fourth-order valence-electron chi connectivity index (χ4n) is 6.18. The molecule has 0 spiro atoms. The Labute approximate surface area is 250 Å². The van der Waals surface area contributed by atoms with E-state index in [1.54, 1.807) is 0 Å². The fourth-order valence-corrected chi connectivity index (χ4v) is 6.18. The van der Waals surface area contributed by atoms with Crippen molar-refractivity contribution >= 4 is 33.3 Å². The molecule has 0 fully saturated rings. The van der Waals surface area contributed by atoms with E-state index in [-0.39, 0.29) is 12.0 Å². The lowest BCUT2D eigenvalue weighted by Crippen LogP contribution is -2.25. The first-order valence-electron chi connectivity index (χ1n) is 14.6. The van der Waals surface area contributed by atoms with E-state index in [1.807, 2.05) is 36.8 Å². The Morgan fingerprint density at radius 3 is 2.28 bits per heavy atom. The lowest BCUT2D eigenvalue weighted by Gasteiger charge is -2.28. The molecule has 5 heterocycles. The molecule has 0 amide bonds. The molecule has 2 aliphatic rings. The maximum Gasteiger partial charge on any atom is 0.132 e. The second-order valence-electron chi connectivity index (χ2n) is 11.0. The van der Waals surface area contributed by atoms with E-state index in [4.69, 9.17) is 4.99 Å². The average Bonchev–Trinajstić information content (AvgIpc) is 3.43. The normalized spacial score (nSPS) is 18.2. The van der Waals surface area contributed by atoms with Gasteiger partial charge in [-0.1, -0.05) is 91.0 Å². The van der Waals surface area contributed by atoms with Crippen molar-refractivity contribution in [3.8, 4) is 11.1 Å². The number of aliphatic imine (C=N–C) groups is 1. The van der Waals surface area contributed by atoms with Gasteiger partial charge in [-0.2, -0.15) is 0 Å². The van der Waals surface area contributed by atoms with Gasteiger partial charge in [-0.3, -0.25) is 19.5 Å². The summed E-state index contributed by atoms with van der Waals surface area (Å²) in [5.74, 6) is 1.11. The van der Waals surface area contributed by atoms with Crippen molar-refractivity contribution in [1.82, 2.24) is 19.9 Å². The number of pyridine rings is 2. The SMILES string of the molecule is C1=CC(C2=CC(c3ccccn3)NC(c3ccc(-c4ccccc4)cc3)=C2)CN=C1n1c2ccccc2c2cnccc21. The molecular formula is C38H29N5. The van der Waals surface area contributed by atoms with Crippen LogP contribution in [0, 0.1) is 5.92 Å². The molecule has 6 aromatic rings. The largest absolute Gasteiger partial charge is 0.373 e. The van der Waals surface area contributed by atoms with Crippen LogP contribution in [0.2, 0.25) is 0 Å². The Kier molecular flexibility index (Phi) is 6.26. The molecule has 8 rings (SSSR count). The molecule has 2 atom stereocenters. The summed E-state index contributed by atoms with van der Waals surface area (Å²) in [4.78, 5) is 14.2. The summed E-state index contributed by atoms with van der Waals surface area (Å²) in [6, 6.07) is 35.9. The molecule has 43 heavy (non-hydrogen) atoms. The molecule has 3 aromatic carbocycles. The predicted molar refractivity (Wildman–Crippen MR) is 176 cm³/mol. The van der Waals surface area contributed by atoms with Crippen LogP contribution in [0.3, 0.4) is 0 Å². The summed E-state index contributed by atoms with van der Waals surface area (Å²) in [5.41, 5.74) is 9.15. The van der Waals surface area contributed by atoms with E-state index in [1.165, 1.54) is 22.1 Å². The Hall–Kier alpha value is -5.55. The van der Waals surface area contributed by atoms with Gasteiger partial charge >= 0.3 is 0 Å². The third-order valence-electron chi connectivity index (χ3n) is 8.35. The number of aromatic nitrogens is 3. The first kappa shape index (κ1) is 25.2. The van der Waals surface area contributed by atoms with Crippen LogP contribution in [0.25, 0.3) is 38.6 Å². The van der Waals surface area contributed by atoms with Gasteiger partial charge in [-0.25, -0.2) is 0 Å². The Morgan fingerprint density at radius 2 is 1.47 bits per heavy atom. The minimum atomic E-state index is -0.0337. The third-order valence-corrected chi connectivity index (χ3v) is 8.35. The number of para-hydroxylation sites is 1. The first-order valence-corrected chi connectivity index (χ1v) is 14.6. The minimum absolute atomic E-state index is 0.0337. The monoisotopic (exact) mass is 555 g/mol. The third kappa shape index (κ3) is 4.65. The van der Waals surface area contributed by atoms with Crippen molar-refractivity contribution in [3.63, 3.8) is 0 Å². The van der Waals surface area contributed by atoms with Crippen LogP contribution in [0.15, 0.2) is 157 Å². The topological polar surface area (TPSA) is 55.1 Å². The van der Waals surface area contributed by atoms with Crippen molar-refractivity contribution in [2.24, 2.45) is 10.9 Å². The van der Waals surface area contributed by atoms with Crippen LogP contribution < -0.4 is 5.32 Å². The van der Waals surface area contributed by atoms with Gasteiger partial charge in [0.2, 0.25) is 0 Å². The van der Waals surface area contributed by atoms with E-state index >= 15 is 0 Å². The van der Waals surface area contributed by atoms with Crippen molar-refractivity contribution in [3.05, 3.63) is 163 Å². The standard InChI is InChI=1S/C38H29N5/c1-2-8-26(9-3-1)27-13-15-28(16-14-27)34-22-30(23-35(42-34)33-11-6-7-20-40-33)29-17-18-38(41-24-29)43-36-12-5-4-10-31(36)32-25-39-21-19-37(32)43/h1-23,25,29,35,42H,24H2. The molecule has 0 aliphatic carbocycles. The van der Waals surface area contributed by atoms with Gasteiger partial charge in [-0.15, -0.1) is 0 Å². The molecule has 5 heteroatoms. The van der Waals surface area contributed by atoms with Crippen molar-refractivity contribution in [2.45, 2.75) is 6.04 Å². The van der Waals surface area contributed by atoms with Gasteiger partial charge in [0.05, 0.1) is 29.3 Å². The highest BCUT2D eigenvalue weighted by Crippen LogP contribution is 2.33. The minimum Gasteiger partial charge on any atom is -0.373 e. The van der Waals surface area contributed by atoms with E-state index in [2.05, 4.69) is 129 Å². The lowest BCUT2D eigenvalue weighted by molar-refractivity contribution is 0.695. The first-order chi connectivity index (χ1) is 21.3. The van der Waals surface area contributed by atoms with Crippen LogP contribution in [-0.4, -0.2) is 26.9 Å². The van der Waals surface area contributed by atoms with E-state index in [0.29, 0.717) is 6.54 Å². The van der Waals surface area contributed by atoms with Crippen LogP contribution >= 0.6 is 0 Å². The number of fused-ring (bicyclic) bond motifs is 3. The zero-order valence-corrected chi connectivity index (χ0v) is 23.5. The summed E-state index contributed by atoms with van der Waals surface area (Å²) >= 11 is 0. The number of nitrogens with one attached hydrogen (secondary N) is 1.